The van der Waals surface area contributed by atoms with Crippen LogP contribution in [0.1, 0.15) is 21.5 Å². The van der Waals surface area contributed by atoms with E-state index >= 15 is 0 Å². The van der Waals surface area contributed by atoms with Crippen molar-refractivity contribution in [3.8, 4) is 0 Å². The molecule has 0 saturated heterocycles. The van der Waals surface area contributed by atoms with Crippen LogP contribution in [0.4, 0.5) is 5.69 Å². The molecule has 1 heterocycles. The predicted molar refractivity (Wildman–Crippen MR) is 84.3 cm³/mol. The Bertz CT molecular complexity index is 688. The summed E-state index contributed by atoms with van der Waals surface area (Å²) in [4.78, 5) is 16.3. The Labute approximate surface area is 127 Å². The highest BCUT2D eigenvalue weighted by molar-refractivity contribution is 7.80. The van der Waals surface area contributed by atoms with Crippen LogP contribution in [-0.4, -0.2) is 15.9 Å². The molecule has 0 aliphatic carbocycles. The van der Waals surface area contributed by atoms with Crippen molar-refractivity contribution in [2.75, 3.05) is 5.32 Å². The third-order valence-electron chi connectivity index (χ3n) is 2.64. The minimum atomic E-state index is -0.272. The highest BCUT2D eigenvalue weighted by atomic mass is 35.5. The number of anilines is 1. The van der Waals surface area contributed by atoms with E-state index in [-0.39, 0.29) is 10.9 Å². The van der Waals surface area contributed by atoms with E-state index in [0.717, 1.165) is 5.56 Å². The van der Waals surface area contributed by atoms with Gasteiger partial charge in [0.2, 0.25) is 0 Å². The van der Waals surface area contributed by atoms with Crippen LogP contribution < -0.4 is 11.1 Å². The van der Waals surface area contributed by atoms with E-state index in [4.69, 9.17) is 29.6 Å². The Kier molecular flexibility index (Phi) is 4.32. The molecule has 20 heavy (non-hydrogen) atoms. The molecule has 0 aliphatic rings. The van der Waals surface area contributed by atoms with Gasteiger partial charge in [0.1, 0.15) is 4.99 Å². The molecule has 1 aromatic carbocycles. The van der Waals surface area contributed by atoms with Gasteiger partial charge in [-0.05, 0) is 36.8 Å². The van der Waals surface area contributed by atoms with Crippen molar-refractivity contribution >= 4 is 40.4 Å². The van der Waals surface area contributed by atoms with E-state index in [1.54, 1.807) is 30.5 Å². The molecule has 102 valence electrons. The first kappa shape index (κ1) is 14.4. The van der Waals surface area contributed by atoms with Crippen molar-refractivity contribution in [3.05, 3.63) is 58.4 Å². The average molecular weight is 306 g/mol. The second kappa shape index (κ2) is 5.98. The number of aromatic nitrogens is 1. The average Bonchev–Trinajstić information content (AvgIpc) is 2.40. The Hall–Kier alpha value is -1.98. The van der Waals surface area contributed by atoms with Gasteiger partial charge in [-0.3, -0.25) is 9.78 Å². The number of halogens is 1. The highest BCUT2D eigenvalue weighted by Gasteiger charge is 2.10. The molecule has 2 rings (SSSR count). The number of pyridine rings is 1. The van der Waals surface area contributed by atoms with Gasteiger partial charge in [-0.2, -0.15) is 0 Å². The van der Waals surface area contributed by atoms with Crippen LogP contribution in [0.3, 0.4) is 0 Å². The number of benzene rings is 1. The van der Waals surface area contributed by atoms with Gasteiger partial charge in [0.05, 0.1) is 16.3 Å². The number of hydrogen-bond donors (Lipinski definition) is 2. The summed E-state index contributed by atoms with van der Waals surface area (Å²) < 4.78 is 0. The molecule has 0 atom stereocenters. The number of nitrogens with zero attached hydrogens (tertiary/aromatic N) is 1. The molecule has 3 N–H and O–H groups in total. The van der Waals surface area contributed by atoms with Gasteiger partial charge < -0.3 is 11.1 Å². The third kappa shape index (κ3) is 3.31. The second-order valence-electron chi connectivity index (χ2n) is 4.26. The Morgan fingerprint density at radius 3 is 2.65 bits per heavy atom. The summed E-state index contributed by atoms with van der Waals surface area (Å²) in [6, 6.07) is 6.74. The first-order valence-corrected chi connectivity index (χ1v) is 6.58. The number of carbonyl (C=O) groups is 1. The normalized spacial score (nSPS) is 10.1. The lowest BCUT2D eigenvalue weighted by molar-refractivity contribution is 0.102. The first-order valence-electron chi connectivity index (χ1n) is 5.80. The third-order valence-corrected chi connectivity index (χ3v) is 3.19. The fraction of sp³-hybridized carbons (Fsp3) is 0.0714. The van der Waals surface area contributed by atoms with Crippen LogP contribution in [0.5, 0.6) is 0 Å². The van der Waals surface area contributed by atoms with Gasteiger partial charge in [-0.1, -0.05) is 23.8 Å². The van der Waals surface area contributed by atoms with Crippen molar-refractivity contribution < 1.29 is 4.79 Å². The van der Waals surface area contributed by atoms with E-state index in [1.165, 1.54) is 6.20 Å². The van der Waals surface area contributed by atoms with Crippen molar-refractivity contribution in [2.45, 2.75) is 6.92 Å². The van der Waals surface area contributed by atoms with E-state index in [2.05, 4.69) is 10.3 Å². The van der Waals surface area contributed by atoms with Crippen LogP contribution >= 0.6 is 23.8 Å². The van der Waals surface area contributed by atoms with Crippen molar-refractivity contribution in [1.82, 2.24) is 4.98 Å². The van der Waals surface area contributed by atoms with Gasteiger partial charge in [-0.15, -0.1) is 0 Å². The number of thiocarbonyl (C=S) groups is 1. The molecule has 6 heteroatoms. The molecule has 0 aliphatic heterocycles. The molecule has 2 aromatic rings. The topological polar surface area (TPSA) is 68.0 Å². The highest BCUT2D eigenvalue weighted by Crippen LogP contribution is 2.23. The van der Waals surface area contributed by atoms with Crippen molar-refractivity contribution in [2.24, 2.45) is 5.73 Å². The van der Waals surface area contributed by atoms with E-state index in [1.807, 2.05) is 6.92 Å². The summed E-state index contributed by atoms with van der Waals surface area (Å²) in [5.41, 5.74) is 8.05. The van der Waals surface area contributed by atoms with Crippen molar-refractivity contribution in [1.29, 1.82) is 0 Å². The molecule has 0 radical (unpaired) electrons. The van der Waals surface area contributed by atoms with Gasteiger partial charge in [0.25, 0.3) is 5.91 Å². The smallest absolute Gasteiger partial charge is 0.257 e. The molecule has 0 fully saturated rings. The van der Waals surface area contributed by atoms with Crippen LogP contribution in [-0.2, 0) is 0 Å². The lowest BCUT2D eigenvalue weighted by Crippen LogP contribution is -2.14. The molecule has 0 saturated carbocycles. The van der Waals surface area contributed by atoms with E-state index in [9.17, 15) is 4.79 Å². The van der Waals surface area contributed by atoms with Crippen molar-refractivity contribution in [3.63, 3.8) is 0 Å². The zero-order valence-electron chi connectivity index (χ0n) is 10.7. The molecular weight excluding hydrogens is 294 g/mol. The molecule has 1 amide bonds. The second-order valence-corrected chi connectivity index (χ2v) is 5.11. The maximum absolute atomic E-state index is 12.1. The van der Waals surface area contributed by atoms with Crippen LogP contribution in [0.25, 0.3) is 0 Å². The van der Waals surface area contributed by atoms with E-state index < -0.39 is 0 Å². The van der Waals surface area contributed by atoms with Crippen LogP contribution in [0.15, 0.2) is 36.7 Å². The molecule has 4 nitrogen and oxygen atoms in total. The minimum Gasteiger partial charge on any atom is -0.389 e. The number of carbonyl (C=O) groups excluding carboxylic acids is 1. The van der Waals surface area contributed by atoms with E-state index in [0.29, 0.717) is 21.8 Å². The standard InChI is InChI=1S/C14H12ClN3OS/c1-8-4-10(7-17-6-8)14(19)18-12-3-2-9(13(16)20)5-11(12)15/h2-7H,1H3,(H2,16,20)(H,18,19). The molecule has 0 unspecified atom stereocenters. The van der Waals surface area contributed by atoms with Gasteiger partial charge in [0.15, 0.2) is 0 Å². The summed E-state index contributed by atoms with van der Waals surface area (Å²) in [5.74, 6) is -0.272. The quantitative estimate of drug-likeness (QED) is 0.856. The number of aryl methyl sites for hydroxylation is 1. The van der Waals surface area contributed by atoms with Gasteiger partial charge in [0, 0.05) is 18.0 Å². The molecule has 0 spiro atoms. The van der Waals surface area contributed by atoms with Crippen LogP contribution in [0, 0.1) is 6.92 Å². The summed E-state index contributed by atoms with van der Waals surface area (Å²) in [7, 11) is 0. The summed E-state index contributed by atoms with van der Waals surface area (Å²) >= 11 is 11.0. The Morgan fingerprint density at radius 1 is 1.30 bits per heavy atom. The lowest BCUT2D eigenvalue weighted by atomic mass is 10.2. The first-order chi connectivity index (χ1) is 9.47. The predicted octanol–water partition coefficient (Wildman–Crippen LogP) is 2.93. The van der Waals surface area contributed by atoms with Gasteiger partial charge in [-0.25, -0.2) is 0 Å². The molecule has 1 aromatic heterocycles. The fourth-order valence-electron chi connectivity index (χ4n) is 1.64. The minimum absolute atomic E-state index is 0.257. The largest absolute Gasteiger partial charge is 0.389 e. The summed E-state index contributed by atoms with van der Waals surface area (Å²) in [6.45, 7) is 1.87. The zero-order valence-corrected chi connectivity index (χ0v) is 12.3. The van der Waals surface area contributed by atoms with Crippen LogP contribution in [0.2, 0.25) is 5.02 Å². The number of rotatable bonds is 3. The Balaban J connectivity index is 2.22. The molecular formula is C14H12ClN3OS. The number of amides is 1. The SMILES string of the molecule is Cc1cncc(C(=O)Nc2ccc(C(N)=S)cc2Cl)c1. The maximum Gasteiger partial charge on any atom is 0.257 e. The summed E-state index contributed by atoms with van der Waals surface area (Å²) in [6.07, 6.45) is 3.18. The Morgan fingerprint density at radius 2 is 2.05 bits per heavy atom. The zero-order chi connectivity index (χ0) is 14.7. The number of nitrogens with two attached hydrogens (primary N) is 1. The van der Waals surface area contributed by atoms with Gasteiger partial charge >= 0.3 is 0 Å². The fourth-order valence-corrected chi connectivity index (χ4v) is 2.00. The molecule has 0 bridgehead atoms. The maximum atomic E-state index is 12.1. The number of nitrogens with one attached hydrogen (secondary N) is 1. The summed E-state index contributed by atoms with van der Waals surface area (Å²) in [5, 5.41) is 3.10. The monoisotopic (exact) mass is 305 g/mol. The lowest BCUT2D eigenvalue weighted by Gasteiger charge is -2.09. The number of hydrogen-bond acceptors (Lipinski definition) is 3.